The van der Waals surface area contributed by atoms with Gasteiger partial charge in [-0.2, -0.15) is 0 Å². The highest BCUT2D eigenvalue weighted by Crippen LogP contribution is 2.23. The summed E-state index contributed by atoms with van der Waals surface area (Å²) in [6, 6.07) is 6.12. The third kappa shape index (κ3) is 2.16. The lowest BCUT2D eigenvalue weighted by Gasteiger charge is -2.07. The zero-order valence-corrected chi connectivity index (χ0v) is 6.19. The molecule has 0 atom stereocenters. The Morgan fingerprint density at radius 1 is 1.50 bits per heavy atom. The number of aliphatic carboxylic acids is 1. The molecule has 0 unspecified atom stereocenters. The van der Waals surface area contributed by atoms with E-state index in [4.69, 9.17) is 5.11 Å². The van der Waals surface area contributed by atoms with Crippen molar-refractivity contribution in [2.24, 2.45) is 0 Å². The van der Waals surface area contributed by atoms with Crippen molar-refractivity contribution in [3.8, 4) is 11.5 Å². The number of phenolic OH excluding ortho intramolecular Hbond substituents is 1. The molecule has 0 saturated carbocycles. The highest BCUT2D eigenvalue weighted by atomic mass is 16.5. The highest BCUT2D eigenvalue weighted by molar-refractivity contribution is 5.66. The molecule has 0 heterocycles. The van der Waals surface area contributed by atoms with E-state index in [1.54, 1.807) is 12.1 Å². The highest BCUT2D eigenvalue weighted by Gasteiger charge is 1.98. The fourth-order valence-electron chi connectivity index (χ4n) is 0.716. The molecule has 0 aliphatic heterocycles. The maximum atomic E-state index is 9.97. The summed E-state index contributed by atoms with van der Waals surface area (Å²) < 4.78 is 4.69. The fourth-order valence-corrected chi connectivity index (χ4v) is 0.716. The van der Waals surface area contributed by atoms with Crippen molar-refractivity contribution in [2.75, 3.05) is 6.61 Å². The van der Waals surface area contributed by atoms with Gasteiger partial charge >= 0.3 is 0 Å². The zero-order chi connectivity index (χ0) is 8.97. The number of hydrogen-bond donors (Lipinski definition) is 1. The molecule has 64 valence electrons. The van der Waals surface area contributed by atoms with Gasteiger partial charge in [0.05, 0.1) is 5.97 Å². The van der Waals surface area contributed by atoms with Crippen molar-refractivity contribution >= 4 is 5.97 Å². The van der Waals surface area contributed by atoms with E-state index in [1.807, 2.05) is 0 Å². The number of ether oxygens (including phenoxy) is 1. The largest absolute Gasteiger partial charge is 0.546 e. The van der Waals surface area contributed by atoms with Crippen LogP contribution in [0.25, 0.3) is 0 Å². The second-order valence-electron chi connectivity index (χ2n) is 2.13. The van der Waals surface area contributed by atoms with Crippen molar-refractivity contribution in [3.05, 3.63) is 24.3 Å². The van der Waals surface area contributed by atoms with Gasteiger partial charge in [-0.1, -0.05) is 12.1 Å². The minimum Gasteiger partial charge on any atom is -0.546 e. The van der Waals surface area contributed by atoms with E-state index in [2.05, 4.69) is 4.74 Å². The fraction of sp³-hybridized carbons (Fsp3) is 0.125. The average Bonchev–Trinajstić information content (AvgIpc) is 2.03. The molecule has 1 aromatic rings. The first-order valence-corrected chi connectivity index (χ1v) is 3.31. The van der Waals surface area contributed by atoms with Gasteiger partial charge in [0.15, 0.2) is 11.5 Å². The predicted molar refractivity (Wildman–Crippen MR) is 38.6 cm³/mol. The minimum atomic E-state index is -1.32. The van der Waals surface area contributed by atoms with Crippen LogP contribution in [0.3, 0.4) is 0 Å². The molecule has 4 nitrogen and oxygen atoms in total. The molecule has 1 aromatic carbocycles. The molecule has 0 amide bonds. The van der Waals surface area contributed by atoms with Gasteiger partial charge in [-0.05, 0) is 12.1 Å². The first-order valence-electron chi connectivity index (χ1n) is 3.31. The Bertz CT molecular complexity index is 282. The van der Waals surface area contributed by atoms with Crippen LogP contribution in [-0.2, 0) is 4.79 Å². The molecule has 1 rings (SSSR count). The smallest absolute Gasteiger partial charge is 0.161 e. The maximum absolute atomic E-state index is 9.97. The van der Waals surface area contributed by atoms with Crippen LogP contribution < -0.4 is 9.84 Å². The van der Waals surface area contributed by atoms with E-state index in [9.17, 15) is 9.90 Å². The average molecular weight is 167 g/mol. The molecule has 0 aliphatic rings. The van der Waals surface area contributed by atoms with Crippen LogP contribution in [0.1, 0.15) is 0 Å². The summed E-state index contributed by atoms with van der Waals surface area (Å²) in [4.78, 5) is 9.97. The predicted octanol–water partition coefficient (Wildman–Crippen LogP) is -0.479. The molecule has 0 saturated heterocycles. The van der Waals surface area contributed by atoms with Crippen molar-refractivity contribution in [2.45, 2.75) is 0 Å². The van der Waals surface area contributed by atoms with Crippen molar-refractivity contribution in [1.82, 2.24) is 0 Å². The van der Waals surface area contributed by atoms with Crippen LogP contribution in [0.5, 0.6) is 11.5 Å². The number of phenols is 1. The number of hydrogen-bond acceptors (Lipinski definition) is 4. The van der Waals surface area contributed by atoms with Gasteiger partial charge in [-0.15, -0.1) is 0 Å². The van der Waals surface area contributed by atoms with Gasteiger partial charge in [0.1, 0.15) is 6.61 Å². The maximum Gasteiger partial charge on any atom is 0.161 e. The van der Waals surface area contributed by atoms with Gasteiger partial charge < -0.3 is 19.7 Å². The first kappa shape index (κ1) is 8.39. The topological polar surface area (TPSA) is 69.6 Å². The molecule has 0 radical (unpaired) electrons. The van der Waals surface area contributed by atoms with Gasteiger partial charge in [-0.25, -0.2) is 0 Å². The minimum absolute atomic E-state index is 0.0845. The molecule has 0 bridgehead atoms. The third-order valence-electron chi connectivity index (χ3n) is 1.21. The monoisotopic (exact) mass is 167 g/mol. The summed E-state index contributed by atoms with van der Waals surface area (Å²) in [6.07, 6.45) is 0. The number of carboxylic acids is 1. The Labute approximate surface area is 69.0 Å². The second kappa shape index (κ2) is 3.61. The number of carboxylic acid groups (broad SMARTS) is 1. The molecule has 0 fully saturated rings. The van der Waals surface area contributed by atoms with Crippen LogP contribution in [-0.4, -0.2) is 17.7 Å². The van der Waals surface area contributed by atoms with E-state index < -0.39 is 12.6 Å². The van der Waals surface area contributed by atoms with Crippen LogP contribution in [0, 0.1) is 0 Å². The number of para-hydroxylation sites is 2. The standard InChI is InChI=1S/C8H8O4/c9-6-3-1-2-4-7(6)12-5-8(10)11/h1-4,9H,5H2,(H,10,11)/p-1. The normalized spacial score (nSPS) is 9.33. The number of aromatic hydroxyl groups is 1. The molecular weight excluding hydrogens is 160 g/mol. The summed E-state index contributed by atoms with van der Waals surface area (Å²) in [5.74, 6) is -1.27. The summed E-state index contributed by atoms with van der Waals surface area (Å²) in [5, 5.41) is 19.1. The Kier molecular flexibility index (Phi) is 2.53. The Morgan fingerprint density at radius 3 is 2.75 bits per heavy atom. The van der Waals surface area contributed by atoms with Gasteiger partial charge in [0, 0.05) is 0 Å². The lowest BCUT2D eigenvalue weighted by Crippen LogP contribution is -2.28. The second-order valence-corrected chi connectivity index (χ2v) is 2.13. The lowest BCUT2D eigenvalue weighted by atomic mass is 10.3. The molecule has 12 heavy (non-hydrogen) atoms. The summed E-state index contributed by atoms with van der Waals surface area (Å²) in [5.41, 5.74) is 0. The molecule has 1 N–H and O–H groups in total. The molecule has 0 aliphatic carbocycles. The number of benzene rings is 1. The molecular formula is C8H7O4-. The van der Waals surface area contributed by atoms with E-state index >= 15 is 0 Å². The van der Waals surface area contributed by atoms with Crippen LogP contribution in [0.4, 0.5) is 0 Å². The summed E-state index contributed by atoms with van der Waals surface area (Å²) in [7, 11) is 0. The lowest BCUT2D eigenvalue weighted by molar-refractivity contribution is -0.307. The van der Waals surface area contributed by atoms with Gasteiger partial charge in [0.25, 0.3) is 0 Å². The van der Waals surface area contributed by atoms with E-state index in [0.29, 0.717) is 0 Å². The Morgan fingerprint density at radius 2 is 2.17 bits per heavy atom. The first-order chi connectivity index (χ1) is 5.70. The van der Waals surface area contributed by atoms with Crippen LogP contribution in [0.15, 0.2) is 24.3 Å². The summed E-state index contributed by atoms with van der Waals surface area (Å²) >= 11 is 0. The quantitative estimate of drug-likeness (QED) is 0.660. The van der Waals surface area contributed by atoms with Crippen LogP contribution in [0.2, 0.25) is 0 Å². The molecule has 0 spiro atoms. The van der Waals surface area contributed by atoms with E-state index in [-0.39, 0.29) is 11.5 Å². The zero-order valence-electron chi connectivity index (χ0n) is 6.19. The third-order valence-corrected chi connectivity index (χ3v) is 1.21. The van der Waals surface area contributed by atoms with Gasteiger partial charge in [-0.3, -0.25) is 0 Å². The molecule has 4 heteroatoms. The van der Waals surface area contributed by atoms with Gasteiger partial charge in [0.2, 0.25) is 0 Å². The Balaban J connectivity index is 2.63. The van der Waals surface area contributed by atoms with Crippen molar-refractivity contribution < 1.29 is 19.7 Å². The SMILES string of the molecule is O=C([O-])COc1ccccc1O. The van der Waals surface area contributed by atoms with Crippen molar-refractivity contribution in [3.63, 3.8) is 0 Å². The van der Waals surface area contributed by atoms with Crippen molar-refractivity contribution in [1.29, 1.82) is 0 Å². The molecule has 0 aromatic heterocycles. The summed E-state index contributed by atoms with van der Waals surface area (Å²) in [6.45, 7) is -0.558. The van der Waals surface area contributed by atoms with Crippen LogP contribution >= 0.6 is 0 Å². The van der Waals surface area contributed by atoms with E-state index in [0.717, 1.165) is 0 Å². The number of carbonyl (C=O) groups excluding carboxylic acids is 1. The number of carbonyl (C=O) groups is 1. The number of rotatable bonds is 3. The van der Waals surface area contributed by atoms with E-state index in [1.165, 1.54) is 12.1 Å². The Hall–Kier alpha value is -1.71.